The second-order valence-corrected chi connectivity index (χ2v) is 8.41. The monoisotopic (exact) mass is 406 g/mol. The molecule has 6 nitrogen and oxygen atoms in total. The van der Waals surface area contributed by atoms with E-state index in [0.29, 0.717) is 34.7 Å². The number of benzene rings is 1. The van der Waals surface area contributed by atoms with Gasteiger partial charge in [0.15, 0.2) is 5.82 Å². The summed E-state index contributed by atoms with van der Waals surface area (Å²) in [5.74, 6) is 2.12. The molecule has 0 radical (unpaired) electrons. The first kappa shape index (κ1) is 18.9. The summed E-state index contributed by atoms with van der Waals surface area (Å²) in [4.78, 5) is 25.2. The minimum atomic E-state index is -0.298. The van der Waals surface area contributed by atoms with Gasteiger partial charge in [-0.05, 0) is 61.8 Å². The van der Waals surface area contributed by atoms with Gasteiger partial charge in [-0.3, -0.25) is 14.8 Å². The summed E-state index contributed by atoms with van der Waals surface area (Å²) < 4.78 is 19.9. The Bertz CT molecular complexity index is 1090. The van der Waals surface area contributed by atoms with Gasteiger partial charge in [0, 0.05) is 17.5 Å². The number of rotatable bonds is 5. The lowest BCUT2D eigenvalue weighted by molar-refractivity contribution is -0.120. The summed E-state index contributed by atoms with van der Waals surface area (Å²) in [7, 11) is 0. The van der Waals surface area contributed by atoms with Crippen LogP contribution in [-0.4, -0.2) is 27.0 Å². The Morgan fingerprint density at radius 1 is 1.17 bits per heavy atom. The number of pyridine rings is 1. The lowest BCUT2D eigenvalue weighted by Crippen LogP contribution is -2.26. The van der Waals surface area contributed by atoms with Gasteiger partial charge in [0.05, 0.1) is 29.7 Å². The standard InChI is InChI=1S/C23H23FN4O2/c1-12-10-27-21(11-26-12)28-23(29)13(2)22-16-8-15(9-17(16)22)30-20-5-6-25-19-4-3-14(24)7-18(19)20/h3-7,10-11,13,15-17,22H,8-9H2,1-2H3,(H,27,28,29)/t13?,15-,16+,17-,22-. The van der Waals surface area contributed by atoms with Gasteiger partial charge in [-0.1, -0.05) is 6.92 Å². The maximum atomic E-state index is 13.7. The van der Waals surface area contributed by atoms with Crippen molar-refractivity contribution in [2.75, 3.05) is 5.32 Å². The molecule has 0 saturated heterocycles. The maximum Gasteiger partial charge on any atom is 0.228 e. The molecule has 0 aliphatic heterocycles. The van der Waals surface area contributed by atoms with Gasteiger partial charge in [-0.2, -0.15) is 0 Å². The molecular formula is C23H23FN4O2. The number of nitrogens with one attached hydrogen (secondary N) is 1. The molecule has 2 saturated carbocycles. The minimum absolute atomic E-state index is 0.0133. The molecule has 7 heteroatoms. The second-order valence-electron chi connectivity index (χ2n) is 8.41. The Kier molecular flexibility index (Phi) is 4.60. The molecule has 0 spiro atoms. The smallest absolute Gasteiger partial charge is 0.228 e. The van der Waals surface area contributed by atoms with E-state index in [1.165, 1.54) is 12.1 Å². The fraction of sp³-hybridized carbons (Fsp3) is 0.391. The highest BCUT2D eigenvalue weighted by Crippen LogP contribution is 2.61. The molecule has 0 bridgehead atoms. The Morgan fingerprint density at radius 3 is 2.70 bits per heavy atom. The summed E-state index contributed by atoms with van der Waals surface area (Å²) in [6.07, 6.45) is 6.83. The van der Waals surface area contributed by atoms with E-state index >= 15 is 0 Å². The molecule has 2 aromatic heterocycles. The van der Waals surface area contributed by atoms with Crippen LogP contribution in [0.15, 0.2) is 42.9 Å². The fourth-order valence-electron chi connectivity index (χ4n) is 4.93. The third-order valence-electron chi connectivity index (χ3n) is 6.45. The van der Waals surface area contributed by atoms with Gasteiger partial charge in [0.1, 0.15) is 11.6 Å². The van der Waals surface area contributed by atoms with Crippen LogP contribution in [0.5, 0.6) is 5.75 Å². The Balaban J connectivity index is 1.20. The van der Waals surface area contributed by atoms with Crippen LogP contribution in [0, 0.1) is 36.4 Å². The van der Waals surface area contributed by atoms with Crippen LogP contribution in [0.25, 0.3) is 10.9 Å². The van der Waals surface area contributed by atoms with Crippen molar-refractivity contribution >= 4 is 22.6 Å². The average Bonchev–Trinajstić information content (AvgIpc) is 3.24. The fourth-order valence-corrected chi connectivity index (χ4v) is 4.93. The Labute approximate surface area is 173 Å². The van der Waals surface area contributed by atoms with E-state index in [4.69, 9.17) is 4.74 Å². The van der Waals surface area contributed by atoms with E-state index in [0.717, 1.165) is 24.1 Å². The number of anilines is 1. The van der Waals surface area contributed by atoms with Gasteiger partial charge >= 0.3 is 0 Å². The first-order valence-corrected chi connectivity index (χ1v) is 10.3. The molecule has 1 unspecified atom stereocenters. The first-order chi connectivity index (χ1) is 14.5. The van der Waals surface area contributed by atoms with Gasteiger partial charge in [0.25, 0.3) is 0 Å². The van der Waals surface area contributed by atoms with Crippen LogP contribution >= 0.6 is 0 Å². The van der Waals surface area contributed by atoms with Crippen LogP contribution in [0.4, 0.5) is 10.2 Å². The molecule has 5 rings (SSSR count). The quantitative estimate of drug-likeness (QED) is 0.689. The van der Waals surface area contributed by atoms with E-state index in [-0.39, 0.29) is 23.7 Å². The number of fused-ring (bicyclic) bond motifs is 2. The van der Waals surface area contributed by atoms with E-state index in [9.17, 15) is 9.18 Å². The van der Waals surface area contributed by atoms with E-state index in [2.05, 4.69) is 20.3 Å². The van der Waals surface area contributed by atoms with Crippen LogP contribution < -0.4 is 10.1 Å². The molecule has 1 N–H and O–H groups in total. The minimum Gasteiger partial charge on any atom is -0.490 e. The van der Waals surface area contributed by atoms with Gasteiger partial charge in [-0.25, -0.2) is 9.37 Å². The number of aryl methyl sites for hydroxylation is 1. The molecule has 1 amide bonds. The van der Waals surface area contributed by atoms with Crippen molar-refractivity contribution in [3.05, 3.63) is 54.4 Å². The number of hydrogen-bond donors (Lipinski definition) is 1. The van der Waals surface area contributed by atoms with Gasteiger partial charge in [0.2, 0.25) is 5.91 Å². The van der Waals surface area contributed by atoms with Crippen molar-refractivity contribution in [2.45, 2.75) is 32.8 Å². The number of aromatic nitrogens is 3. The summed E-state index contributed by atoms with van der Waals surface area (Å²) in [5.41, 5.74) is 1.54. The normalized spacial score (nSPS) is 25.6. The average molecular weight is 406 g/mol. The highest BCUT2D eigenvalue weighted by molar-refractivity contribution is 5.91. The van der Waals surface area contributed by atoms with Crippen LogP contribution in [-0.2, 0) is 4.79 Å². The predicted molar refractivity (Wildman–Crippen MR) is 110 cm³/mol. The number of halogens is 1. The maximum absolute atomic E-state index is 13.7. The van der Waals surface area contributed by atoms with Gasteiger partial charge < -0.3 is 10.1 Å². The number of amides is 1. The van der Waals surface area contributed by atoms with Crippen LogP contribution in [0.1, 0.15) is 25.5 Å². The van der Waals surface area contributed by atoms with E-state index < -0.39 is 0 Å². The van der Waals surface area contributed by atoms with Crippen molar-refractivity contribution in [1.82, 2.24) is 15.0 Å². The van der Waals surface area contributed by atoms with Crippen molar-refractivity contribution < 1.29 is 13.9 Å². The molecule has 30 heavy (non-hydrogen) atoms. The SMILES string of the molecule is Cc1cnc(NC(=O)C(C)[C@H]2[C@@H]3C[C@H](Oc4ccnc5ccc(F)cc45)C[C@@H]32)cn1. The van der Waals surface area contributed by atoms with Gasteiger partial charge in [-0.15, -0.1) is 0 Å². The third kappa shape index (κ3) is 3.49. The molecule has 1 aromatic carbocycles. The van der Waals surface area contributed by atoms with Crippen LogP contribution in [0.2, 0.25) is 0 Å². The predicted octanol–water partition coefficient (Wildman–Crippen LogP) is 4.15. The van der Waals surface area contributed by atoms with Crippen molar-refractivity contribution in [1.29, 1.82) is 0 Å². The summed E-state index contributed by atoms with van der Waals surface area (Å²) in [5, 5.41) is 3.57. The summed E-state index contributed by atoms with van der Waals surface area (Å²) in [6, 6.07) is 6.33. The molecular weight excluding hydrogens is 383 g/mol. The van der Waals surface area contributed by atoms with E-state index in [1.54, 1.807) is 30.7 Å². The number of ether oxygens (including phenoxy) is 1. The largest absolute Gasteiger partial charge is 0.490 e. The zero-order chi connectivity index (χ0) is 20.8. The highest BCUT2D eigenvalue weighted by Gasteiger charge is 2.59. The lowest BCUT2D eigenvalue weighted by atomic mass is 9.97. The van der Waals surface area contributed by atoms with E-state index in [1.807, 2.05) is 13.8 Å². The van der Waals surface area contributed by atoms with Crippen molar-refractivity contribution in [3.8, 4) is 5.75 Å². The zero-order valence-electron chi connectivity index (χ0n) is 16.9. The molecule has 5 atom stereocenters. The highest BCUT2D eigenvalue weighted by atomic mass is 19.1. The first-order valence-electron chi connectivity index (χ1n) is 10.3. The topological polar surface area (TPSA) is 77.0 Å². The lowest BCUT2D eigenvalue weighted by Gasteiger charge is -2.20. The Hall–Kier alpha value is -3.09. The zero-order valence-corrected chi connectivity index (χ0v) is 16.9. The third-order valence-corrected chi connectivity index (χ3v) is 6.45. The molecule has 2 heterocycles. The summed E-state index contributed by atoms with van der Waals surface area (Å²) >= 11 is 0. The van der Waals surface area contributed by atoms with Crippen molar-refractivity contribution in [3.63, 3.8) is 0 Å². The molecule has 2 fully saturated rings. The van der Waals surface area contributed by atoms with Crippen LogP contribution in [0.3, 0.4) is 0 Å². The second kappa shape index (κ2) is 7.31. The number of carbonyl (C=O) groups is 1. The number of nitrogens with zero attached hydrogens (tertiary/aromatic N) is 3. The molecule has 154 valence electrons. The molecule has 3 aromatic rings. The summed E-state index contributed by atoms with van der Waals surface area (Å²) in [6.45, 7) is 3.84. The number of carbonyl (C=O) groups excluding carboxylic acids is 1. The molecule has 2 aliphatic rings. The Morgan fingerprint density at radius 2 is 1.97 bits per heavy atom. The molecule has 2 aliphatic carbocycles. The van der Waals surface area contributed by atoms with Crippen molar-refractivity contribution in [2.24, 2.45) is 23.7 Å². The number of hydrogen-bond acceptors (Lipinski definition) is 5.